The zero-order chi connectivity index (χ0) is 14.6. The van der Waals surface area contributed by atoms with Crippen LogP contribution in [0.5, 0.6) is 0 Å². The van der Waals surface area contributed by atoms with E-state index in [1.54, 1.807) is 6.20 Å². The number of nitrogens with one attached hydrogen (secondary N) is 1. The van der Waals surface area contributed by atoms with Crippen molar-refractivity contribution in [1.29, 1.82) is 0 Å². The van der Waals surface area contributed by atoms with E-state index in [1.165, 1.54) is 0 Å². The van der Waals surface area contributed by atoms with Gasteiger partial charge in [-0.15, -0.1) is 0 Å². The summed E-state index contributed by atoms with van der Waals surface area (Å²) in [4.78, 5) is 6.80. The second-order valence-electron chi connectivity index (χ2n) is 5.83. The summed E-state index contributed by atoms with van der Waals surface area (Å²) in [5, 5.41) is 4.11. The highest BCUT2D eigenvalue weighted by molar-refractivity contribution is 6.31. The van der Waals surface area contributed by atoms with E-state index in [4.69, 9.17) is 16.3 Å². The Morgan fingerprint density at radius 3 is 3.00 bits per heavy atom. The fraction of sp³-hybridized carbons (Fsp3) is 0.667. The van der Waals surface area contributed by atoms with Crippen molar-refractivity contribution < 1.29 is 4.74 Å². The van der Waals surface area contributed by atoms with E-state index in [9.17, 15) is 0 Å². The molecule has 1 aliphatic rings. The van der Waals surface area contributed by atoms with Crippen molar-refractivity contribution in [3.63, 3.8) is 0 Å². The van der Waals surface area contributed by atoms with Gasteiger partial charge in [0.1, 0.15) is 5.82 Å². The zero-order valence-corrected chi connectivity index (χ0v) is 13.3. The van der Waals surface area contributed by atoms with Crippen LogP contribution in [0.15, 0.2) is 12.3 Å². The monoisotopic (exact) mass is 297 g/mol. The Labute approximate surface area is 126 Å². The molecule has 1 fully saturated rings. The van der Waals surface area contributed by atoms with E-state index < -0.39 is 0 Å². The molecule has 0 bridgehead atoms. The number of rotatable bonds is 5. The van der Waals surface area contributed by atoms with Crippen LogP contribution in [0.4, 0.5) is 5.82 Å². The highest BCUT2D eigenvalue weighted by Crippen LogP contribution is 2.28. The van der Waals surface area contributed by atoms with Crippen LogP contribution in [0.2, 0.25) is 5.02 Å². The van der Waals surface area contributed by atoms with Crippen LogP contribution in [0.1, 0.15) is 32.8 Å². The molecule has 0 unspecified atom stereocenters. The van der Waals surface area contributed by atoms with Gasteiger partial charge in [0.25, 0.3) is 0 Å². The second-order valence-corrected chi connectivity index (χ2v) is 6.23. The molecule has 0 saturated carbocycles. The van der Waals surface area contributed by atoms with Gasteiger partial charge in [0, 0.05) is 19.3 Å². The number of halogens is 1. The Balaban J connectivity index is 2.17. The summed E-state index contributed by atoms with van der Waals surface area (Å²) in [5.74, 6) is 0.982. The molecule has 0 atom stereocenters. The van der Waals surface area contributed by atoms with Gasteiger partial charge in [0.05, 0.1) is 23.8 Å². The van der Waals surface area contributed by atoms with Gasteiger partial charge in [-0.2, -0.15) is 0 Å². The van der Waals surface area contributed by atoms with Crippen molar-refractivity contribution in [2.24, 2.45) is 0 Å². The lowest BCUT2D eigenvalue weighted by atomic mass is 10.0. The molecule has 112 valence electrons. The number of anilines is 1. The maximum Gasteiger partial charge on any atom is 0.129 e. The average molecular weight is 298 g/mol. The van der Waals surface area contributed by atoms with Crippen molar-refractivity contribution in [1.82, 2.24) is 10.3 Å². The molecule has 5 heteroatoms. The summed E-state index contributed by atoms with van der Waals surface area (Å²) in [5.41, 5.74) is 1.07. The van der Waals surface area contributed by atoms with E-state index in [-0.39, 0.29) is 5.54 Å². The van der Waals surface area contributed by atoms with Crippen LogP contribution in [-0.2, 0) is 11.3 Å². The molecule has 2 rings (SSSR count). The number of ether oxygens (including phenoxy) is 1. The van der Waals surface area contributed by atoms with E-state index in [2.05, 4.69) is 42.0 Å². The van der Waals surface area contributed by atoms with Gasteiger partial charge in [-0.3, -0.25) is 0 Å². The van der Waals surface area contributed by atoms with Gasteiger partial charge in [0.15, 0.2) is 0 Å². The molecule has 0 spiro atoms. The molecule has 0 amide bonds. The largest absolute Gasteiger partial charge is 0.377 e. The zero-order valence-electron chi connectivity index (χ0n) is 12.6. The highest BCUT2D eigenvalue weighted by atomic mass is 35.5. The fourth-order valence-electron chi connectivity index (χ4n) is 2.43. The van der Waals surface area contributed by atoms with Crippen LogP contribution >= 0.6 is 11.6 Å². The first-order valence-corrected chi connectivity index (χ1v) is 7.63. The van der Waals surface area contributed by atoms with Gasteiger partial charge in [-0.25, -0.2) is 4.98 Å². The molecule has 1 saturated heterocycles. The standard InChI is InChI=1S/C15H24ClN3O/c1-4-5-17-9-12-8-14(18-10-13(12)16)19-6-7-20-11-15(19,2)3/h8,10,17H,4-7,9,11H2,1-3H3. The Morgan fingerprint density at radius 2 is 2.30 bits per heavy atom. The Bertz CT molecular complexity index is 451. The molecule has 0 aromatic carbocycles. The predicted molar refractivity (Wildman–Crippen MR) is 83.5 cm³/mol. The first kappa shape index (κ1) is 15.5. The number of aromatic nitrogens is 1. The van der Waals surface area contributed by atoms with Crippen molar-refractivity contribution in [2.45, 2.75) is 39.3 Å². The minimum atomic E-state index is -0.0345. The normalized spacial score (nSPS) is 18.3. The van der Waals surface area contributed by atoms with Gasteiger partial charge in [0.2, 0.25) is 0 Å². The Morgan fingerprint density at radius 1 is 1.50 bits per heavy atom. The van der Waals surface area contributed by atoms with Gasteiger partial charge in [-0.1, -0.05) is 18.5 Å². The molecule has 1 aliphatic heterocycles. The summed E-state index contributed by atoms with van der Waals surface area (Å²) in [6.07, 6.45) is 2.87. The molecule has 20 heavy (non-hydrogen) atoms. The Hall–Kier alpha value is -0.840. The predicted octanol–water partition coefficient (Wildman–Crippen LogP) is 2.85. The van der Waals surface area contributed by atoms with Gasteiger partial charge in [-0.05, 0) is 38.4 Å². The summed E-state index contributed by atoms with van der Waals surface area (Å²) in [6, 6.07) is 2.10. The lowest BCUT2D eigenvalue weighted by Crippen LogP contribution is -2.53. The lowest BCUT2D eigenvalue weighted by molar-refractivity contribution is 0.0639. The van der Waals surface area contributed by atoms with Gasteiger partial charge >= 0.3 is 0 Å². The van der Waals surface area contributed by atoms with Crippen LogP contribution in [-0.4, -0.2) is 36.8 Å². The summed E-state index contributed by atoms with van der Waals surface area (Å²) < 4.78 is 5.56. The van der Waals surface area contributed by atoms with Crippen molar-refractivity contribution >= 4 is 17.4 Å². The summed E-state index contributed by atoms with van der Waals surface area (Å²) >= 11 is 6.24. The SMILES string of the molecule is CCCNCc1cc(N2CCOCC2(C)C)ncc1Cl. The third kappa shape index (κ3) is 3.62. The van der Waals surface area contributed by atoms with E-state index in [0.717, 1.165) is 55.7 Å². The van der Waals surface area contributed by atoms with E-state index in [1.807, 2.05) is 0 Å². The van der Waals surface area contributed by atoms with Crippen LogP contribution in [0, 0.1) is 0 Å². The minimum Gasteiger partial charge on any atom is -0.377 e. The van der Waals surface area contributed by atoms with Crippen molar-refractivity contribution in [3.8, 4) is 0 Å². The maximum absolute atomic E-state index is 6.24. The molecule has 1 aromatic rings. The van der Waals surface area contributed by atoms with Crippen molar-refractivity contribution in [3.05, 3.63) is 22.8 Å². The molecule has 1 N–H and O–H groups in total. The number of hydrogen-bond donors (Lipinski definition) is 1. The number of pyridine rings is 1. The van der Waals surface area contributed by atoms with Crippen molar-refractivity contribution in [2.75, 3.05) is 31.2 Å². The topological polar surface area (TPSA) is 37.4 Å². The van der Waals surface area contributed by atoms with Crippen LogP contribution in [0.3, 0.4) is 0 Å². The lowest BCUT2D eigenvalue weighted by Gasteiger charge is -2.43. The van der Waals surface area contributed by atoms with E-state index in [0.29, 0.717) is 0 Å². The fourth-order valence-corrected chi connectivity index (χ4v) is 2.60. The smallest absolute Gasteiger partial charge is 0.129 e. The molecular formula is C15H24ClN3O. The highest BCUT2D eigenvalue weighted by Gasteiger charge is 2.31. The third-order valence-corrected chi connectivity index (χ3v) is 3.92. The first-order valence-electron chi connectivity index (χ1n) is 7.25. The number of nitrogens with zero attached hydrogens (tertiary/aromatic N) is 2. The van der Waals surface area contributed by atoms with Crippen LogP contribution < -0.4 is 10.2 Å². The number of morpholine rings is 1. The first-order chi connectivity index (χ1) is 9.54. The molecule has 2 heterocycles. The van der Waals surface area contributed by atoms with E-state index >= 15 is 0 Å². The number of hydrogen-bond acceptors (Lipinski definition) is 4. The quantitative estimate of drug-likeness (QED) is 0.848. The van der Waals surface area contributed by atoms with Gasteiger partial charge < -0.3 is 15.0 Å². The molecule has 0 aliphatic carbocycles. The molecular weight excluding hydrogens is 274 g/mol. The summed E-state index contributed by atoms with van der Waals surface area (Å²) in [7, 11) is 0. The molecule has 1 aromatic heterocycles. The summed E-state index contributed by atoms with van der Waals surface area (Å²) in [6.45, 7) is 10.6. The van der Waals surface area contributed by atoms with Crippen LogP contribution in [0.25, 0.3) is 0 Å². The minimum absolute atomic E-state index is 0.0345. The third-order valence-electron chi connectivity index (χ3n) is 3.58. The molecule has 4 nitrogen and oxygen atoms in total. The average Bonchev–Trinajstić information content (AvgIpc) is 2.41. The second kappa shape index (κ2) is 6.74. The maximum atomic E-state index is 6.24. The Kier molecular flexibility index (Phi) is 5.24. The molecule has 0 radical (unpaired) electrons.